The lowest BCUT2D eigenvalue weighted by Crippen LogP contribution is -2.41. The van der Waals surface area contributed by atoms with Crippen LogP contribution in [0.2, 0.25) is 0 Å². The standard InChI is InChI=1S/C15H23BrN2O2/c1-5-9(2)18-15(19)11(4)20-14-7-6-12(16)8-13(14)10(3)17/h6-11H,5,17H2,1-4H3,(H,18,19). The van der Waals surface area contributed by atoms with Gasteiger partial charge in [0.2, 0.25) is 0 Å². The lowest BCUT2D eigenvalue weighted by molar-refractivity contribution is -0.127. The van der Waals surface area contributed by atoms with E-state index in [-0.39, 0.29) is 18.0 Å². The number of nitrogens with one attached hydrogen (secondary N) is 1. The van der Waals surface area contributed by atoms with E-state index in [0.29, 0.717) is 5.75 Å². The molecule has 112 valence electrons. The van der Waals surface area contributed by atoms with Gasteiger partial charge in [-0.1, -0.05) is 22.9 Å². The molecule has 3 N–H and O–H groups in total. The van der Waals surface area contributed by atoms with E-state index in [1.54, 1.807) is 6.92 Å². The van der Waals surface area contributed by atoms with Crippen LogP contribution in [0.25, 0.3) is 0 Å². The largest absolute Gasteiger partial charge is 0.481 e. The summed E-state index contributed by atoms with van der Waals surface area (Å²) in [5, 5.41) is 2.91. The first-order valence-electron chi connectivity index (χ1n) is 6.87. The van der Waals surface area contributed by atoms with Crippen LogP contribution >= 0.6 is 15.9 Å². The second-order valence-electron chi connectivity index (χ2n) is 5.05. The van der Waals surface area contributed by atoms with Crippen molar-refractivity contribution in [3.8, 4) is 5.75 Å². The number of carbonyl (C=O) groups excluding carboxylic acids is 1. The van der Waals surface area contributed by atoms with Crippen LogP contribution in [0.4, 0.5) is 0 Å². The van der Waals surface area contributed by atoms with Gasteiger partial charge < -0.3 is 15.8 Å². The van der Waals surface area contributed by atoms with Crippen molar-refractivity contribution < 1.29 is 9.53 Å². The Labute approximate surface area is 129 Å². The number of rotatable bonds is 6. The SMILES string of the molecule is CCC(C)NC(=O)C(C)Oc1ccc(Br)cc1C(C)N. The lowest BCUT2D eigenvalue weighted by atomic mass is 10.1. The number of hydrogen-bond acceptors (Lipinski definition) is 3. The Hall–Kier alpha value is -1.07. The van der Waals surface area contributed by atoms with Crippen molar-refractivity contribution in [3.63, 3.8) is 0 Å². The zero-order chi connectivity index (χ0) is 15.3. The fraction of sp³-hybridized carbons (Fsp3) is 0.533. The number of hydrogen-bond donors (Lipinski definition) is 2. The van der Waals surface area contributed by atoms with Crippen LogP contribution in [0.1, 0.15) is 45.7 Å². The fourth-order valence-corrected chi connectivity index (χ4v) is 2.07. The average molecular weight is 343 g/mol. The Balaban J connectivity index is 2.80. The monoisotopic (exact) mass is 342 g/mol. The molecule has 0 spiro atoms. The molecule has 4 nitrogen and oxygen atoms in total. The number of ether oxygens (including phenoxy) is 1. The van der Waals surface area contributed by atoms with Gasteiger partial charge in [0.05, 0.1) is 0 Å². The van der Waals surface area contributed by atoms with E-state index in [1.165, 1.54) is 0 Å². The summed E-state index contributed by atoms with van der Waals surface area (Å²) in [7, 11) is 0. The molecule has 0 saturated carbocycles. The highest BCUT2D eigenvalue weighted by Gasteiger charge is 2.18. The Kier molecular flexibility index (Phi) is 6.49. The van der Waals surface area contributed by atoms with Gasteiger partial charge >= 0.3 is 0 Å². The van der Waals surface area contributed by atoms with Crippen molar-refractivity contribution >= 4 is 21.8 Å². The summed E-state index contributed by atoms with van der Waals surface area (Å²) >= 11 is 3.41. The number of halogens is 1. The van der Waals surface area contributed by atoms with Gasteiger partial charge in [0.25, 0.3) is 5.91 Å². The first-order chi connectivity index (χ1) is 9.35. The minimum Gasteiger partial charge on any atom is -0.481 e. The van der Waals surface area contributed by atoms with Gasteiger partial charge in [-0.15, -0.1) is 0 Å². The van der Waals surface area contributed by atoms with Gasteiger partial charge in [-0.3, -0.25) is 4.79 Å². The third kappa shape index (κ3) is 4.80. The second-order valence-corrected chi connectivity index (χ2v) is 5.96. The molecule has 0 fully saturated rings. The van der Waals surface area contributed by atoms with Crippen molar-refractivity contribution in [1.82, 2.24) is 5.32 Å². The smallest absolute Gasteiger partial charge is 0.260 e. The van der Waals surface area contributed by atoms with Crippen molar-refractivity contribution in [1.29, 1.82) is 0 Å². The summed E-state index contributed by atoms with van der Waals surface area (Å²) in [6.45, 7) is 7.63. The van der Waals surface area contributed by atoms with E-state index in [4.69, 9.17) is 10.5 Å². The number of benzene rings is 1. The maximum atomic E-state index is 12.0. The predicted molar refractivity (Wildman–Crippen MR) is 84.7 cm³/mol. The molecule has 0 radical (unpaired) electrons. The summed E-state index contributed by atoms with van der Waals surface area (Å²) in [4.78, 5) is 12.0. The zero-order valence-electron chi connectivity index (χ0n) is 12.4. The summed E-state index contributed by atoms with van der Waals surface area (Å²) in [6.07, 6.45) is 0.338. The molecule has 1 aromatic rings. The molecule has 0 saturated heterocycles. The summed E-state index contributed by atoms with van der Waals surface area (Å²) in [5.41, 5.74) is 6.81. The van der Waals surface area contributed by atoms with Crippen LogP contribution in [0.5, 0.6) is 5.75 Å². The van der Waals surface area contributed by atoms with Crippen LogP contribution in [0.15, 0.2) is 22.7 Å². The zero-order valence-corrected chi connectivity index (χ0v) is 14.0. The fourth-order valence-electron chi connectivity index (χ4n) is 1.69. The first-order valence-corrected chi connectivity index (χ1v) is 7.66. The van der Waals surface area contributed by atoms with Crippen molar-refractivity contribution in [3.05, 3.63) is 28.2 Å². The molecule has 0 aromatic heterocycles. The van der Waals surface area contributed by atoms with Gasteiger partial charge in [-0.05, 0) is 45.4 Å². The van der Waals surface area contributed by atoms with Gasteiger partial charge in [0.15, 0.2) is 6.10 Å². The van der Waals surface area contributed by atoms with E-state index < -0.39 is 6.10 Å². The molecule has 3 atom stereocenters. The molecule has 1 aromatic carbocycles. The third-order valence-electron chi connectivity index (χ3n) is 3.14. The summed E-state index contributed by atoms with van der Waals surface area (Å²) < 4.78 is 6.69. The highest BCUT2D eigenvalue weighted by Crippen LogP contribution is 2.28. The van der Waals surface area contributed by atoms with Crippen LogP contribution < -0.4 is 15.8 Å². The first kappa shape index (κ1) is 17.0. The van der Waals surface area contributed by atoms with Gasteiger partial charge in [0, 0.05) is 22.1 Å². The van der Waals surface area contributed by atoms with Gasteiger partial charge in [-0.25, -0.2) is 0 Å². The summed E-state index contributed by atoms with van der Waals surface area (Å²) in [5.74, 6) is 0.535. The number of nitrogens with two attached hydrogens (primary N) is 1. The Morgan fingerprint density at radius 2 is 2.05 bits per heavy atom. The van der Waals surface area contributed by atoms with Gasteiger partial charge in [0.1, 0.15) is 5.75 Å². The molecule has 1 rings (SSSR count). The quantitative estimate of drug-likeness (QED) is 0.834. The van der Waals surface area contributed by atoms with Crippen LogP contribution in [0, 0.1) is 0 Å². The van der Waals surface area contributed by atoms with Gasteiger partial charge in [-0.2, -0.15) is 0 Å². The highest BCUT2D eigenvalue weighted by atomic mass is 79.9. The molecule has 1 amide bonds. The lowest BCUT2D eigenvalue weighted by Gasteiger charge is -2.20. The van der Waals surface area contributed by atoms with Crippen LogP contribution in [0.3, 0.4) is 0 Å². The molecule has 0 aliphatic rings. The molecular formula is C15H23BrN2O2. The molecular weight excluding hydrogens is 320 g/mol. The Morgan fingerprint density at radius 3 is 2.60 bits per heavy atom. The molecule has 0 aliphatic heterocycles. The molecule has 0 aliphatic carbocycles. The predicted octanol–water partition coefficient (Wildman–Crippen LogP) is 3.15. The van der Waals surface area contributed by atoms with E-state index in [9.17, 15) is 4.79 Å². The van der Waals surface area contributed by atoms with Crippen molar-refractivity contribution in [2.75, 3.05) is 0 Å². The number of carbonyl (C=O) groups is 1. The Bertz CT molecular complexity index is 463. The second kappa shape index (κ2) is 7.64. The van der Waals surface area contributed by atoms with E-state index in [0.717, 1.165) is 16.5 Å². The molecule has 0 bridgehead atoms. The molecule has 5 heteroatoms. The van der Waals surface area contributed by atoms with E-state index >= 15 is 0 Å². The maximum Gasteiger partial charge on any atom is 0.260 e. The molecule has 0 heterocycles. The van der Waals surface area contributed by atoms with E-state index in [2.05, 4.69) is 21.2 Å². The molecule has 3 unspecified atom stereocenters. The Morgan fingerprint density at radius 1 is 1.40 bits per heavy atom. The normalized spacial score (nSPS) is 15.3. The van der Waals surface area contributed by atoms with E-state index in [1.807, 2.05) is 39.0 Å². The van der Waals surface area contributed by atoms with Crippen molar-refractivity contribution in [2.45, 2.75) is 52.3 Å². The van der Waals surface area contributed by atoms with Crippen LogP contribution in [-0.2, 0) is 4.79 Å². The van der Waals surface area contributed by atoms with Crippen LogP contribution in [-0.4, -0.2) is 18.1 Å². The maximum absolute atomic E-state index is 12.0. The average Bonchev–Trinajstić information content (AvgIpc) is 2.40. The third-order valence-corrected chi connectivity index (χ3v) is 3.63. The topological polar surface area (TPSA) is 64.3 Å². The number of amides is 1. The minimum absolute atomic E-state index is 0.113. The highest BCUT2D eigenvalue weighted by molar-refractivity contribution is 9.10. The molecule has 20 heavy (non-hydrogen) atoms. The van der Waals surface area contributed by atoms with Crippen molar-refractivity contribution in [2.24, 2.45) is 5.73 Å². The minimum atomic E-state index is -0.553. The summed E-state index contributed by atoms with van der Waals surface area (Å²) in [6, 6.07) is 5.61.